The summed E-state index contributed by atoms with van der Waals surface area (Å²) in [5, 5.41) is 9.25. The van der Waals surface area contributed by atoms with Gasteiger partial charge in [0.15, 0.2) is 0 Å². The number of carbonyl (C=O) groups is 1. The molecule has 0 saturated heterocycles. The van der Waals surface area contributed by atoms with Gasteiger partial charge in [-0.05, 0) is 48.9 Å². The van der Waals surface area contributed by atoms with Crippen molar-refractivity contribution in [3.8, 4) is 11.5 Å². The van der Waals surface area contributed by atoms with Crippen LogP contribution in [-0.2, 0) is 0 Å². The van der Waals surface area contributed by atoms with Crippen LogP contribution in [-0.4, -0.2) is 33.9 Å². The predicted octanol–water partition coefficient (Wildman–Crippen LogP) is 4.56. The van der Waals surface area contributed by atoms with Crippen molar-refractivity contribution in [3.05, 3.63) is 96.4 Å². The molecule has 0 atom stereocenters. The summed E-state index contributed by atoms with van der Waals surface area (Å²) in [5.74, 6) is 2.95. The normalized spacial score (nSPS) is 10.3. The Hall–Kier alpha value is -4.46. The van der Waals surface area contributed by atoms with Crippen molar-refractivity contribution in [1.82, 2.24) is 20.3 Å². The van der Waals surface area contributed by atoms with Gasteiger partial charge in [-0.3, -0.25) is 4.79 Å². The lowest BCUT2D eigenvalue weighted by Gasteiger charge is -2.12. The van der Waals surface area contributed by atoms with Crippen molar-refractivity contribution < 1.29 is 9.53 Å². The van der Waals surface area contributed by atoms with Crippen LogP contribution < -0.4 is 20.7 Å². The number of benzene rings is 2. The second-order valence-corrected chi connectivity index (χ2v) is 7.23. The van der Waals surface area contributed by atoms with Crippen LogP contribution in [0.5, 0.6) is 11.5 Å². The molecule has 2 aromatic heterocycles. The van der Waals surface area contributed by atoms with Gasteiger partial charge >= 0.3 is 0 Å². The summed E-state index contributed by atoms with van der Waals surface area (Å²) in [6, 6.07) is 22.2. The van der Waals surface area contributed by atoms with Gasteiger partial charge in [-0.1, -0.05) is 30.3 Å². The second-order valence-electron chi connectivity index (χ2n) is 7.23. The molecule has 0 fully saturated rings. The van der Waals surface area contributed by atoms with Crippen LogP contribution in [0, 0.1) is 6.92 Å². The number of anilines is 3. The zero-order chi connectivity index (χ0) is 22.9. The molecule has 0 aliphatic rings. The first kappa shape index (κ1) is 21.8. The summed E-state index contributed by atoms with van der Waals surface area (Å²) in [6.45, 7) is 2.90. The largest absolute Gasteiger partial charge is 0.457 e. The van der Waals surface area contributed by atoms with Crippen LogP contribution in [0.3, 0.4) is 0 Å². The summed E-state index contributed by atoms with van der Waals surface area (Å²) >= 11 is 0. The van der Waals surface area contributed by atoms with Gasteiger partial charge in [0, 0.05) is 25.4 Å². The number of aromatic nitrogens is 3. The zero-order valence-corrected chi connectivity index (χ0v) is 18.2. The van der Waals surface area contributed by atoms with Crippen LogP contribution >= 0.6 is 0 Å². The van der Waals surface area contributed by atoms with Gasteiger partial charge < -0.3 is 20.7 Å². The van der Waals surface area contributed by atoms with E-state index in [1.54, 1.807) is 24.4 Å². The Kier molecular flexibility index (Phi) is 7.07. The molecule has 0 saturated carbocycles. The Morgan fingerprint density at radius 2 is 1.61 bits per heavy atom. The van der Waals surface area contributed by atoms with Crippen molar-refractivity contribution in [2.45, 2.75) is 6.92 Å². The minimum atomic E-state index is -0.209. The smallest absolute Gasteiger partial charge is 0.255 e. The molecule has 0 aliphatic heterocycles. The highest BCUT2D eigenvalue weighted by Gasteiger charge is 2.12. The van der Waals surface area contributed by atoms with Gasteiger partial charge in [-0.2, -0.15) is 0 Å². The maximum absolute atomic E-state index is 12.7. The van der Waals surface area contributed by atoms with E-state index in [-0.39, 0.29) is 5.91 Å². The van der Waals surface area contributed by atoms with Crippen LogP contribution in [0.2, 0.25) is 0 Å². The third-order valence-corrected chi connectivity index (χ3v) is 4.66. The van der Waals surface area contributed by atoms with Gasteiger partial charge in [-0.25, -0.2) is 15.0 Å². The Morgan fingerprint density at radius 1 is 0.848 bits per heavy atom. The van der Waals surface area contributed by atoms with Crippen molar-refractivity contribution in [3.63, 3.8) is 0 Å². The number of nitrogens with zero attached hydrogens (tertiary/aromatic N) is 3. The van der Waals surface area contributed by atoms with E-state index in [0.717, 1.165) is 5.56 Å². The van der Waals surface area contributed by atoms with Gasteiger partial charge in [0.25, 0.3) is 5.91 Å². The molecule has 2 heterocycles. The lowest BCUT2D eigenvalue weighted by molar-refractivity contribution is 0.0953. The maximum atomic E-state index is 12.7. The highest BCUT2D eigenvalue weighted by atomic mass is 16.5. The molecule has 0 unspecified atom stereocenters. The van der Waals surface area contributed by atoms with Crippen molar-refractivity contribution >= 4 is 23.4 Å². The average molecular weight is 441 g/mol. The number of ether oxygens (including phenoxy) is 1. The summed E-state index contributed by atoms with van der Waals surface area (Å²) in [6.07, 6.45) is 3.21. The molecule has 8 heteroatoms. The fraction of sp³-hybridized carbons (Fsp3) is 0.120. The molecule has 1 amide bonds. The molecule has 0 radical (unpaired) electrons. The number of hydrogen-bond donors (Lipinski definition) is 3. The Morgan fingerprint density at radius 3 is 2.45 bits per heavy atom. The monoisotopic (exact) mass is 440 g/mol. The third kappa shape index (κ3) is 6.27. The van der Waals surface area contributed by atoms with E-state index in [0.29, 0.717) is 47.6 Å². The van der Waals surface area contributed by atoms with E-state index in [1.165, 1.54) is 6.33 Å². The first-order chi connectivity index (χ1) is 16.2. The topological polar surface area (TPSA) is 101 Å². The maximum Gasteiger partial charge on any atom is 0.255 e. The van der Waals surface area contributed by atoms with E-state index >= 15 is 0 Å². The Balaban J connectivity index is 1.29. The van der Waals surface area contributed by atoms with Gasteiger partial charge in [-0.15, -0.1) is 0 Å². The van der Waals surface area contributed by atoms with E-state index in [9.17, 15) is 4.79 Å². The Labute approximate surface area is 192 Å². The minimum Gasteiger partial charge on any atom is -0.457 e. The summed E-state index contributed by atoms with van der Waals surface area (Å²) < 4.78 is 5.87. The Bertz CT molecular complexity index is 1220. The minimum absolute atomic E-state index is 0.209. The number of carbonyl (C=O) groups excluding carboxylic acids is 1. The number of amides is 1. The zero-order valence-electron chi connectivity index (χ0n) is 18.2. The van der Waals surface area contributed by atoms with Gasteiger partial charge in [0.2, 0.25) is 0 Å². The molecule has 0 spiro atoms. The van der Waals surface area contributed by atoms with Crippen LogP contribution in [0.1, 0.15) is 15.9 Å². The highest BCUT2D eigenvalue weighted by Crippen LogP contribution is 2.24. The lowest BCUT2D eigenvalue weighted by atomic mass is 10.2. The first-order valence-electron chi connectivity index (χ1n) is 10.5. The molecule has 8 nitrogen and oxygen atoms in total. The number of aryl methyl sites for hydroxylation is 1. The molecule has 2 aromatic carbocycles. The molecule has 33 heavy (non-hydrogen) atoms. The van der Waals surface area contributed by atoms with E-state index < -0.39 is 0 Å². The second kappa shape index (κ2) is 10.7. The molecule has 4 rings (SSSR count). The van der Waals surface area contributed by atoms with Crippen molar-refractivity contribution in [2.24, 2.45) is 0 Å². The quantitative estimate of drug-likeness (QED) is 0.328. The third-order valence-electron chi connectivity index (χ3n) is 4.66. The number of para-hydroxylation sites is 2. The first-order valence-corrected chi connectivity index (χ1v) is 10.5. The summed E-state index contributed by atoms with van der Waals surface area (Å²) in [5.41, 5.74) is 1.58. The van der Waals surface area contributed by atoms with E-state index in [1.807, 2.05) is 61.5 Å². The van der Waals surface area contributed by atoms with Gasteiger partial charge in [0.05, 0.1) is 5.56 Å². The lowest BCUT2D eigenvalue weighted by Crippen LogP contribution is -2.29. The molecule has 166 valence electrons. The molecular weight excluding hydrogens is 416 g/mol. The number of pyridine rings is 1. The highest BCUT2D eigenvalue weighted by molar-refractivity contribution is 5.97. The van der Waals surface area contributed by atoms with Gasteiger partial charge in [0.1, 0.15) is 35.3 Å². The number of nitrogens with one attached hydrogen (secondary N) is 3. The van der Waals surface area contributed by atoms with E-state index in [4.69, 9.17) is 4.74 Å². The SMILES string of the molecule is Cc1ccnc(Nc2cc(NCCNC(=O)c3ccccc3Oc3ccccc3)ncn2)c1. The fourth-order valence-corrected chi connectivity index (χ4v) is 3.08. The molecular formula is C25H24N6O2. The van der Waals surface area contributed by atoms with Crippen molar-refractivity contribution in [1.29, 1.82) is 0 Å². The van der Waals surface area contributed by atoms with Crippen LogP contribution in [0.25, 0.3) is 0 Å². The number of rotatable bonds is 9. The van der Waals surface area contributed by atoms with Crippen molar-refractivity contribution in [2.75, 3.05) is 23.7 Å². The summed E-state index contributed by atoms with van der Waals surface area (Å²) in [4.78, 5) is 25.4. The molecule has 0 aliphatic carbocycles. The summed E-state index contributed by atoms with van der Waals surface area (Å²) in [7, 11) is 0. The molecule has 4 aromatic rings. The number of hydrogen-bond acceptors (Lipinski definition) is 7. The molecule has 0 bridgehead atoms. The standard InChI is InChI=1S/C25H24N6O2/c1-18-11-12-26-23(15-18)31-24-16-22(29-17-30-24)27-13-14-28-25(32)20-9-5-6-10-21(20)33-19-7-3-2-4-8-19/h2-12,15-17H,13-14H2,1H3,(H,28,32)(H2,26,27,29,30,31). The fourth-order valence-electron chi connectivity index (χ4n) is 3.08. The van der Waals surface area contributed by atoms with Crippen LogP contribution in [0.4, 0.5) is 17.5 Å². The van der Waals surface area contributed by atoms with E-state index in [2.05, 4.69) is 30.9 Å². The predicted molar refractivity (Wildman–Crippen MR) is 128 cm³/mol. The van der Waals surface area contributed by atoms with Crippen LogP contribution in [0.15, 0.2) is 85.3 Å². The molecule has 3 N–H and O–H groups in total. The average Bonchev–Trinajstić information content (AvgIpc) is 2.83.